The molecule has 0 aliphatic carbocycles. The average Bonchev–Trinajstić information content (AvgIpc) is 2.52. The van der Waals surface area contributed by atoms with Crippen LogP contribution in [0, 0.1) is 0 Å². The molecule has 124 valence electrons. The van der Waals surface area contributed by atoms with Gasteiger partial charge in [0.1, 0.15) is 5.75 Å². The number of rotatable bonds is 4. The van der Waals surface area contributed by atoms with Crippen molar-refractivity contribution in [3.8, 4) is 5.75 Å². The zero-order valence-electron chi connectivity index (χ0n) is 12.8. The van der Waals surface area contributed by atoms with E-state index in [-0.39, 0.29) is 17.4 Å². The molecule has 1 aromatic carbocycles. The first-order valence-corrected chi connectivity index (χ1v) is 6.73. The average molecular weight is 326 g/mol. The van der Waals surface area contributed by atoms with Gasteiger partial charge in [0, 0.05) is 12.7 Å². The summed E-state index contributed by atoms with van der Waals surface area (Å²) >= 11 is 0. The first-order valence-electron chi connectivity index (χ1n) is 6.73. The molecule has 0 saturated heterocycles. The lowest BCUT2D eigenvalue weighted by atomic mass is 9.95. The number of carbonyl (C=O) groups excluding carboxylic acids is 2. The van der Waals surface area contributed by atoms with Gasteiger partial charge in [-0.15, -0.1) is 0 Å². The maximum atomic E-state index is 12.2. The van der Waals surface area contributed by atoms with Crippen molar-refractivity contribution in [2.24, 2.45) is 0 Å². The molecule has 1 N–H and O–H groups in total. The molecule has 2 rings (SSSR count). The second-order valence-electron chi connectivity index (χ2n) is 4.88. The molecule has 0 saturated carbocycles. The van der Waals surface area contributed by atoms with Crippen LogP contribution in [-0.4, -0.2) is 37.7 Å². The minimum Gasteiger partial charge on any atom is -0.466 e. The highest BCUT2D eigenvalue weighted by atomic mass is 19.3. The van der Waals surface area contributed by atoms with E-state index in [2.05, 4.69) is 10.1 Å². The van der Waals surface area contributed by atoms with Crippen LogP contribution in [0.3, 0.4) is 0 Å². The summed E-state index contributed by atoms with van der Waals surface area (Å²) in [5, 5.41) is 2.68. The summed E-state index contributed by atoms with van der Waals surface area (Å²) in [6.45, 7) is -1.29. The van der Waals surface area contributed by atoms with Crippen molar-refractivity contribution >= 4 is 12.0 Å². The van der Waals surface area contributed by atoms with E-state index >= 15 is 0 Å². The van der Waals surface area contributed by atoms with Crippen LogP contribution in [0.1, 0.15) is 18.5 Å². The minimum absolute atomic E-state index is 0.0108. The van der Waals surface area contributed by atoms with Crippen LogP contribution in [0.15, 0.2) is 35.5 Å². The van der Waals surface area contributed by atoms with E-state index in [1.165, 1.54) is 43.3 Å². The number of alkyl halides is 2. The van der Waals surface area contributed by atoms with Gasteiger partial charge >= 0.3 is 18.6 Å². The van der Waals surface area contributed by atoms with Crippen LogP contribution in [0.2, 0.25) is 0 Å². The van der Waals surface area contributed by atoms with Gasteiger partial charge in [-0.3, -0.25) is 0 Å². The molecular formula is C15H16F2N2O4. The molecule has 8 heteroatoms. The molecule has 6 nitrogen and oxygen atoms in total. The van der Waals surface area contributed by atoms with Gasteiger partial charge in [-0.25, -0.2) is 9.59 Å². The molecule has 1 aliphatic rings. The third kappa shape index (κ3) is 3.41. The Morgan fingerprint density at radius 3 is 2.43 bits per heavy atom. The molecule has 0 spiro atoms. The summed E-state index contributed by atoms with van der Waals surface area (Å²) in [4.78, 5) is 25.3. The number of esters is 1. The van der Waals surface area contributed by atoms with E-state index in [0.29, 0.717) is 11.3 Å². The second kappa shape index (κ2) is 6.64. The lowest BCUT2D eigenvalue weighted by Crippen LogP contribution is -2.46. The summed E-state index contributed by atoms with van der Waals surface area (Å²) in [7, 11) is 2.78. The van der Waals surface area contributed by atoms with Crippen molar-refractivity contribution in [3.05, 3.63) is 41.1 Å². The van der Waals surface area contributed by atoms with Gasteiger partial charge in [0.15, 0.2) is 0 Å². The fourth-order valence-electron chi connectivity index (χ4n) is 2.30. The van der Waals surface area contributed by atoms with Crippen molar-refractivity contribution in [1.82, 2.24) is 10.2 Å². The predicted molar refractivity (Wildman–Crippen MR) is 76.8 cm³/mol. The minimum atomic E-state index is -2.92. The highest BCUT2D eigenvalue weighted by Crippen LogP contribution is 2.31. The Labute approximate surface area is 131 Å². The zero-order valence-corrected chi connectivity index (χ0v) is 12.8. The lowest BCUT2D eigenvalue weighted by molar-refractivity contribution is -0.136. The molecule has 23 heavy (non-hydrogen) atoms. The molecule has 0 aromatic heterocycles. The Morgan fingerprint density at radius 1 is 1.30 bits per heavy atom. The first-order chi connectivity index (χ1) is 10.8. The largest absolute Gasteiger partial charge is 0.466 e. The van der Waals surface area contributed by atoms with E-state index in [4.69, 9.17) is 4.74 Å². The number of methoxy groups -OCH3 is 1. The number of carbonyl (C=O) groups is 2. The van der Waals surface area contributed by atoms with Gasteiger partial charge in [-0.1, -0.05) is 12.1 Å². The van der Waals surface area contributed by atoms with Crippen molar-refractivity contribution in [2.75, 3.05) is 14.2 Å². The smallest absolute Gasteiger partial charge is 0.387 e. The molecule has 1 aromatic rings. The number of urea groups is 1. The van der Waals surface area contributed by atoms with Crippen molar-refractivity contribution in [1.29, 1.82) is 0 Å². The number of allylic oxidation sites excluding steroid dienone is 1. The molecule has 1 heterocycles. The lowest BCUT2D eigenvalue weighted by Gasteiger charge is -2.33. The van der Waals surface area contributed by atoms with Gasteiger partial charge in [-0.05, 0) is 24.6 Å². The number of amides is 2. The Kier molecular flexibility index (Phi) is 4.83. The van der Waals surface area contributed by atoms with Gasteiger partial charge in [0.05, 0.1) is 18.7 Å². The van der Waals surface area contributed by atoms with Crippen LogP contribution in [0.4, 0.5) is 13.6 Å². The Balaban J connectivity index is 2.39. The van der Waals surface area contributed by atoms with Crippen LogP contribution >= 0.6 is 0 Å². The van der Waals surface area contributed by atoms with Crippen LogP contribution < -0.4 is 10.1 Å². The van der Waals surface area contributed by atoms with Gasteiger partial charge < -0.3 is 19.7 Å². The van der Waals surface area contributed by atoms with E-state index in [9.17, 15) is 18.4 Å². The second-order valence-corrected chi connectivity index (χ2v) is 4.88. The van der Waals surface area contributed by atoms with E-state index < -0.39 is 18.6 Å². The quantitative estimate of drug-likeness (QED) is 0.863. The molecule has 0 bridgehead atoms. The number of halogens is 2. The standard InChI is InChI=1S/C15H16F2N2O4/c1-8-11(13(20)22-3)12(18-15(21)19(8)2)9-4-6-10(7-5-9)23-14(16)17/h4-7,12,14H,1-3H3,(H,18,21)/t12-/m0/s1. The van der Waals surface area contributed by atoms with Crippen molar-refractivity contribution in [2.45, 2.75) is 19.6 Å². The molecule has 0 unspecified atom stereocenters. The number of hydrogen-bond donors (Lipinski definition) is 1. The highest BCUT2D eigenvalue weighted by molar-refractivity contribution is 5.94. The van der Waals surface area contributed by atoms with Crippen molar-refractivity contribution < 1.29 is 27.8 Å². The fraction of sp³-hybridized carbons (Fsp3) is 0.333. The highest BCUT2D eigenvalue weighted by Gasteiger charge is 2.34. The third-order valence-electron chi connectivity index (χ3n) is 3.60. The fourth-order valence-corrected chi connectivity index (χ4v) is 2.30. The molecule has 1 aliphatic heterocycles. The topological polar surface area (TPSA) is 67.9 Å². The van der Waals surface area contributed by atoms with E-state index in [0.717, 1.165) is 0 Å². The Hall–Kier alpha value is -2.64. The summed E-state index contributed by atoms with van der Waals surface area (Å²) in [6.07, 6.45) is 0. The predicted octanol–water partition coefficient (Wildman–Crippen LogP) is 2.43. The number of hydrogen-bond acceptors (Lipinski definition) is 4. The van der Waals surface area contributed by atoms with Gasteiger partial charge in [-0.2, -0.15) is 8.78 Å². The zero-order chi connectivity index (χ0) is 17.1. The summed E-state index contributed by atoms with van der Waals surface area (Å²) in [6, 6.07) is 4.58. The van der Waals surface area contributed by atoms with Crippen molar-refractivity contribution in [3.63, 3.8) is 0 Å². The first kappa shape index (κ1) is 16.7. The number of ether oxygens (including phenoxy) is 2. The number of nitrogens with zero attached hydrogens (tertiary/aromatic N) is 1. The maximum Gasteiger partial charge on any atom is 0.387 e. The van der Waals surface area contributed by atoms with Gasteiger partial charge in [0.2, 0.25) is 0 Å². The number of nitrogens with one attached hydrogen (secondary N) is 1. The monoisotopic (exact) mass is 326 g/mol. The van der Waals surface area contributed by atoms with E-state index in [1.807, 2.05) is 0 Å². The van der Waals surface area contributed by atoms with E-state index in [1.54, 1.807) is 6.92 Å². The number of benzene rings is 1. The normalized spacial score (nSPS) is 18.1. The van der Waals surface area contributed by atoms with Gasteiger partial charge in [0.25, 0.3) is 0 Å². The molecule has 2 amide bonds. The van der Waals surface area contributed by atoms with Crippen LogP contribution in [0.5, 0.6) is 5.75 Å². The summed E-state index contributed by atoms with van der Waals surface area (Å²) in [5.41, 5.74) is 1.28. The summed E-state index contributed by atoms with van der Waals surface area (Å²) in [5.74, 6) is -0.587. The molecule has 0 radical (unpaired) electrons. The third-order valence-corrected chi connectivity index (χ3v) is 3.60. The Bertz CT molecular complexity index is 643. The molecule has 0 fully saturated rings. The Morgan fingerprint density at radius 2 is 1.91 bits per heavy atom. The van der Waals surface area contributed by atoms with Crippen LogP contribution in [-0.2, 0) is 9.53 Å². The molecular weight excluding hydrogens is 310 g/mol. The maximum absolute atomic E-state index is 12.2. The van der Waals surface area contributed by atoms with Crippen LogP contribution in [0.25, 0.3) is 0 Å². The SMILES string of the molecule is COC(=O)C1=C(C)N(C)C(=O)N[C@H]1c1ccc(OC(F)F)cc1. The molecule has 1 atom stereocenters. The summed E-state index contributed by atoms with van der Waals surface area (Å²) < 4.78 is 33.4.